The van der Waals surface area contributed by atoms with Gasteiger partial charge in [0.05, 0.1) is 10.5 Å². The van der Waals surface area contributed by atoms with Crippen LogP contribution in [0.15, 0.2) is 47.4 Å². The Morgan fingerprint density at radius 3 is 2.44 bits per heavy atom. The van der Waals surface area contributed by atoms with Crippen molar-refractivity contribution in [3.63, 3.8) is 0 Å². The summed E-state index contributed by atoms with van der Waals surface area (Å²) in [6.07, 6.45) is -3.93. The molecule has 0 aliphatic carbocycles. The van der Waals surface area contributed by atoms with Gasteiger partial charge < -0.3 is 5.32 Å². The van der Waals surface area contributed by atoms with Crippen molar-refractivity contribution in [2.45, 2.75) is 31.3 Å². The summed E-state index contributed by atoms with van der Waals surface area (Å²) in [5.41, 5.74) is -0.371. The van der Waals surface area contributed by atoms with Gasteiger partial charge in [-0.15, -0.1) is 0 Å². The molecule has 0 spiro atoms. The van der Waals surface area contributed by atoms with Gasteiger partial charge in [-0.05, 0) is 49.2 Å². The van der Waals surface area contributed by atoms with Gasteiger partial charge in [-0.3, -0.25) is 4.79 Å². The standard InChI is InChI=1S/C18H19F3N2O3S/c1-3-9-22-27(25,26)15-8-7-12(2)16(11-15)17(24)23-14-6-4-5-13(10-14)18(19,20)21/h4-8,10-11,22H,3,9H2,1-2H3,(H,23,24). The summed E-state index contributed by atoms with van der Waals surface area (Å²) in [5.74, 6) is -0.695. The summed E-state index contributed by atoms with van der Waals surface area (Å²) >= 11 is 0. The Labute approximate surface area is 155 Å². The number of halogens is 3. The molecule has 0 aromatic heterocycles. The zero-order chi connectivity index (χ0) is 20.2. The lowest BCUT2D eigenvalue weighted by Crippen LogP contribution is -2.25. The molecule has 9 heteroatoms. The topological polar surface area (TPSA) is 75.3 Å². The van der Waals surface area contributed by atoms with Crippen LogP contribution < -0.4 is 10.0 Å². The quantitative estimate of drug-likeness (QED) is 0.771. The maximum absolute atomic E-state index is 12.8. The zero-order valence-corrected chi connectivity index (χ0v) is 15.5. The van der Waals surface area contributed by atoms with Crippen LogP contribution >= 0.6 is 0 Å². The second-order valence-electron chi connectivity index (χ2n) is 5.91. The number of nitrogens with one attached hydrogen (secondary N) is 2. The van der Waals surface area contributed by atoms with Gasteiger partial charge in [0.1, 0.15) is 0 Å². The first-order chi connectivity index (χ1) is 12.5. The predicted octanol–water partition coefficient (Wildman–Crippen LogP) is 3.95. The van der Waals surface area contributed by atoms with Crippen molar-refractivity contribution in [1.82, 2.24) is 4.72 Å². The number of aryl methyl sites for hydroxylation is 1. The average molecular weight is 400 g/mol. The number of amides is 1. The number of hydrogen-bond acceptors (Lipinski definition) is 3. The van der Waals surface area contributed by atoms with E-state index in [0.717, 1.165) is 12.1 Å². The van der Waals surface area contributed by atoms with Gasteiger partial charge in [0.25, 0.3) is 5.91 Å². The molecule has 0 fully saturated rings. The maximum atomic E-state index is 12.8. The summed E-state index contributed by atoms with van der Waals surface area (Å²) in [5, 5.41) is 2.38. The molecule has 1 amide bonds. The molecule has 0 saturated carbocycles. The fourth-order valence-corrected chi connectivity index (χ4v) is 3.46. The van der Waals surface area contributed by atoms with Crippen LogP contribution in [0, 0.1) is 6.92 Å². The van der Waals surface area contributed by atoms with E-state index in [4.69, 9.17) is 0 Å². The Hall–Kier alpha value is -2.39. The summed E-state index contributed by atoms with van der Waals surface area (Å²) < 4.78 is 65.2. The van der Waals surface area contributed by atoms with Gasteiger partial charge in [-0.25, -0.2) is 13.1 Å². The van der Waals surface area contributed by atoms with E-state index in [1.807, 2.05) is 6.92 Å². The summed E-state index contributed by atoms with van der Waals surface area (Å²) in [6.45, 7) is 3.67. The highest BCUT2D eigenvalue weighted by Gasteiger charge is 2.30. The van der Waals surface area contributed by atoms with Crippen molar-refractivity contribution >= 4 is 21.6 Å². The lowest BCUT2D eigenvalue weighted by molar-refractivity contribution is -0.137. The molecule has 146 valence electrons. The molecule has 2 rings (SSSR count). The first kappa shape index (κ1) is 20.9. The number of anilines is 1. The summed E-state index contributed by atoms with van der Waals surface area (Å²) in [4.78, 5) is 12.4. The molecule has 0 heterocycles. The van der Waals surface area contributed by atoms with Crippen molar-refractivity contribution in [2.75, 3.05) is 11.9 Å². The number of carbonyl (C=O) groups is 1. The van der Waals surface area contributed by atoms with Crippen LogP contribution in [-0.2, 0) is 16.2 Å². The van der Waals surface area contributed by atoms with E-state index in [2.05, 4.69) is 10.0 Å². The Kier molecular flexibility index (Phi) is 6.27. The number of alkyl halides is 3. The van der Waals surface area contributed by atoms with E-state index < -0.39 is 27.7 Å². The second-order valence-corrected chi connectivity index (χ2v) is 7.67. The van der Waals surface area contributed by atoms with Crippen molar-refractivity contribution in [1.29, 1.82) is 0 Å². The lowest BCUT2D eigenvalue weighted by Gasteiger charge is -2.12. The van der Waals surface area contributed by atoms with Crippen LogP contribution in [0.5, 0.6) is 0 Å². The fraction of sp³-hybridized carbons (Fsp3) is 0.278. The van der Waals surface area contributed by atoms with Gasteiger partial charge >= 0.3 is 6.18 Å². The minimum atomic E-state index is -4.53. The number of rotatable bonds is 6. The van der Waals surface area contributed by atoms with Gasteiger partial charge in [0.2, 0.25) is 10.0 Å². The van der Waals surface area contributed by atoms with E-state index in [-0.39, 0.29) is 22.7 Å². The molecule has 0 aliphatic heterocycles. The molecule has 2 aromatic rings. The molecule has 0 radical (unpaired) electrons. The molecular formula is C18H19F3N2O3S. The van der Waals surface area contributed by atoms with E-state index in [0.29, 0.717) is 12.0 Å². The molecule has 0 atom stereocenters. The first-order valence-electron chi connectivity index (χ1n) is 8.13. The van der Waals surface area contributed by atoms with Gasteiger partial charge in [0.15, 0.2) is 0 Å². The Balaban J connectivity index is 2.30. The molecule has 27 heavy (non-hydrogen) atoms. The molecule has 0 saturated heterocycles. The molecule has 2 aromatic carbocycles. The third kappa shape index (κ3) is 5.30. The number of hydrogen-bond donors (Lipinski definition) is 2. The SMILES string of the molecule is CCCNS(=O)(=O)c1ccc(C)c(C(=O)Nc2cccc(C(F)(F)F)c2)c1. The lowest BCUT2D eigenvalue weighted by atomic mass is 10.1. The molecule has 0 aliphatic rings. The van der Waals surface area contributed by atoms with Gasteiger partial charge in [0, 0.05) is 17.8 Å². The summed E-state index contributed by atoms with van der Waals surface area (Å²) in [7, 11) is -3.77. The van der Waals surface area contributed by atoms with Crippen LogP contribution in [-0.4, -0.2) is 20.9 Å². The summed E-state index contributed by atoms with van der Waals surface area (Å²) in [6, 6.07) is 8.27. The van der Waals surface area contributed by atoms with E-state index >= 15 is 0 Å². The van der Waals surface area contributed by atoms with Crippen molar-refractivity contribution in [2.24, 2.45) is 0 Å². The Morgan fingerprint density at radius 1 is 1.11 bits per heavy atom. The number of carbonyl (C=O) groups excluding carboxylic acids is 1. The van der Waals surface area contributed by atoms with Gasteiger partial charge in [-0.1, -0.05) is 19.1 Å². The zero-order valence-electron chi connectivity index (χ0n) is 14.7. The third-order valence-electron chi connectivity index (χ3n) is 3.75. The fourth-order valence-electron chi connectivity index (χ4n) is 2.30. The monoisotopic (exact) mass is 400 g/mol. The third-order valence-corrected chi connectivity index (χ3v) is 5.21. The average Bonchev–Trinajstić information content (AvgIpc) is 2.59. The van der Waals surface area contributed by atoms with Crippen molar-refractivity contribution < 1.29 is 26.4 Å². The molecule has 2 N–H and O–H groups in total. The van der Waals surface area contributed by atoms with Crippen molar-refractivity contribution in [3.05, 3.63) is 59.2 Å². The Morgan fingerprint density at radius 2 is 1.81 bits per heavy atom. The molecule has 0 unspecified atom stereocenters. The van der Waals surface area contributed by atoms with Gasteiger partial charge in [-0.2, -0.15) is 13.2 Å². The van der Waals surface area contributed by atoms with E-state index in [1.54, 1.807) is 6.92 Å². The second kappa shape index (κ2) is 8.10. The highest BCUT2D eigenvalue weighted by molar-refractivity contribution is 7.89. The Bertz CT molecular complexity index is 941. The van der Waals surface area contributed by atoms with Crippen LogP contribution in [0.4, 0.5) is 18.9 Å². The number of sulfonamides is 1. The maximum Gasteiger partial charge on any atom is 0.416 e. The largest absolute Gasteiger partial charge is 0.416 e. The highest BCUT2D eigenvalue weighted by atomic mass is 32.2. The van der Waals surface area contributed by atoms with Crippen molar-refractivity contribution in [3.8, 4) is 0 Å². The van der Waals surface area contributed by atoms with Crippen LogP contribution in [0.25, 0.3) is 0 Å². The number of benzene rings is 2. The smallest absolute Gasteiger partial charge is 0.322 e. The van der Waals surface area contributed by atoms with Crippen LogP contribution in [0.3, 0.4) is 0 Å². The molecule has 0 bridgehead atoms. The minimum absolute atomic E-state index is 0.0356. The predicted molar refractivity (Wildman–Crippen MR) is 96.1 cm³/mol. The highest BCUT2D eigenvalue weighted by Crippen LogP contribution is 2.30. The molecule has 5 nitrogen and oxygen atoms in total. The van der Waals surface area contributed by atoms with Crippen LogP contribution in [0.2, 0.25) is 0 Å². The van der Waals surface area contributed by atoms with Crippen LogP contribution in [0.1, 0.15) is 34.8 Å². The van der Waals surface area contributed by atoms with E-state index in [9.17, 15) is 26.4 Å². The minimum Gasteiger partial charge on any atom is -0.322 e. The van der Waals surface area contributed by atoms with E-state index in [1.165, 1.54) is 30.3 Å². The first-order valence-corrected chi connectivity index (χ1v) is 9.62. The molecular weight excluding hydrogens is 381 g/mol. The normalized spacial score (nSPS) is 12.0.